The average Bonchev–Trinajstić information content (AvgIpc) is 2.37. The zero-order valence-electron chi connectivity index (χ0n) is 12.6. The highest BCUT2D eigenvalue weighted by Gasteiger charge is 2.22. The van der Waals surface area contributed by atoms with Crippen molar-refractivity contribution in [2.24, 2.45) is 11.6 Å². The molecule has 0 spiro atoms. The third-order valence-electron chi connectivity index (χ3n) is 3.04. The predicted molar refractivity (Wildman–Crippen MR) is 82.8 cm³/mol. The monoisotopic (exact) mass is 276 g/mol. The van der Waals surface area contributed by atoms with E-state index >= 15 is 0 Å². The summed E-state index contributed by atoms with van der Waals surface area (Å²) in [6, 6.07) is 7.89. The van der Waals surface area contributed by atoms with E-state index < -0.39 is 0 Å². The number of nitrogens with two attached hydrogens (primary N) is 2. The quantitative estimate of drug-likeness (QED) is 0.646. The van der Waals surface area contributed by atoms with E-state index in [1.807, 2.05) is 24.3 Å². The number of carbonyl (C=O) groups excluding carboxylic acids is 1. The van der Waals surface area contributed by atoms with Gasteiger partial charge < -0.3 is 15.6 Å². The summed E-state index contributed by atoms with van der Waals surface area (Å²) in [5.41, 5.74) is 7.23. The molecule has 0 saturated carbocycles. The number of likely N-dealkylation sites (N-methyl/N-ethyl adjacent to an activating group) is 1. The molecule has 0 unspecified atom stereocenters. The molecule has 0 aliphatic carbocycles. The van der Waals surface area contributed by atoms with Gasteiger partial charge in [0, 0.05) is 25.1 Å². The normalized spacial score (nSPS) is 11.7. The molecule has 1 rings (SSSR count). The van der Waals surface area contributed by atoms with Gasteiger partial charge in [-0.05, 0) is 17.0 Å². The maximum atomic E-state index is 12.2. The number of carbonyl (C=O) groups is 1. The summed E-state index contributed by atoms with van der Waals surface area (Å²) in [7, 11) is 1.76. The Morgan fingerprint density at radius 1 is 1.30 bits per heavy atom. The van der Waals surface area contributed by atoms with Crippen LogP contribution in [0.4, 0.5) is 5.69 Å². The molecule has 0 fully saturated rings. The molecule has 0 heterocycles. The van der Waals surface area contributed by atoms with Crippen LogP contribution in [-0.2, 0) is 10.2 Å². The molecule has 0 aliphatic rings. The van der Waals surface area contributed by atoms with E-state index in [4.69, 9.17) is 11.6 Å². The number of amides is 1. The highest BCUT2D eigenvalue weighted by Crippen LogP contribution is 2.31. The number of para-hydroxylation sites is 1. The van der Waals surface area contributed by atoms with Crippen molar-refractivity contribution in [1.82, 2.24) is 5.01 Å². The standard InChI is InChI=1S/C15H24N4O/c1-15(2,3)12-7-5-6-8-13(12)18(4)14(20)11-19(17)10-9-16/h5-10H,11,16-17H2,1-4H3/b10-9-. The summed E-state index contributed by atoms with van der Waals surface area (Å²) in [5, 5.41) is 1.26. The Bertz CT molecular complexity index is 491. The van der Waals surface area contributed by atoms with Gasteiger partial charge in [-0.2, -0.15) is 0 Å². The van der Waals surface area contributed by atoms with Crippen LogP contribution in [0, 0.1) is 0 Å². The number of benzene rings is 1. The number of hydrogen-bond donors (Lipinski definition) is 2. The van der Waals surface area contributed by atoms with E-state index in [0.29, 0.717) is 0 Å². The topological polar surface area (TPSA) is 75.6 Å². The van der Waals surface area contributed by atoms with Crippen molar-refractivity contribution < 1.29 is 4.79 Å². The second-order valence-electron chi connectivity index (χ2n) is 5.73. The Morgan fingerprint density at radius 3 is 2.45 bits per heavy atom. The Balaban J connectivity index is 2.98. The Labute approximate surface area is 120 Å². The molecule has 1 aromatic rings. The van der Waals surface area contributed by atoms with Gasteiger partial charge in [-0.25, -0.2) is 5.84 Å². The van der Waals surface area contributed by atoms with Crippen molar-refractivity contribution >= 4 is 11.6 Å². The number of rotatable bonds is 4. The molecule has 0 radical (unpaired) electrons. The maximum Gasteiger partial charge on any atom is 0.247 e. The van der Waals surface area contributed by atoms with Crippen LogP contribution < -0.4 is 16.5 Å². The molecule has 0 bridgehead atoms. The minimum absolute atomic E-state index is 0.0370. The molecule has 0 atom stereocenters. The van der Waals surface area contributed by atoms with Crippen LogP contribution in [0.25, 0.3) is 0 Å². The lowest BCUT2D eigenvalue weighted by Crippen LogP contribution is -2.40. The lowest BCUT2D eigenvalue weighted by Gasteiger charge is -2.28. The summed E-state index contributed by atoms with van der Waals surface area (Å²) < 4.78 is 0. The van der Waals surface area contributed by atoms with Gasteiger partial charge in [-0.15, -0.1) is 0 Å². The molecule has 0 saturated heterocycles. The fourth-order valence-corrected chi connectivity index (χ4v) is 1.96. The fourth-order valence-electron chi connectivity index (χ4n) is 1.96. The van der Waals surface area contributed by atoms with Crippen LogP contribution in [0.3, 0.4) is 0 Å². The van der Waals surface area contributed by atoms with Crippen LogP contribution >= 0.6 is 0 Å². The first-order valence-electron chi connectivity index (χ1n) is 6.53. The summed E-state index contributed by atoms with van der Waals surface area (Å²) in [5.74, 6) is 5.55. The first kappa shape index (κ1) is 16.0. The Morgan fingerprint density at radius 2 is 1.90 bits per heavy atom. The van der Waals surface area contributed by atoms with E-state index in [1.54, 1.807) is 11.9 Å². The van der Waals surface area contributed by atoms with Crippen LogP contribution in [0.1, 0.15) is 26.3 Å². The maximum absolute atomic E-state index is 12.2. The molecule has 5 heteroatoms. The second-order valence-corrected chi connectivity index (χ2v) is 5.73. The van der Waals surface area contributed by atoms with Crippen molar-refractivity contribution in [2.75, 3.05) is 18.5 Å². The lowest BCUT2D eigenvalue weighted by molar-refractivity contribution is -0.118. The van der Waals surface area contributed by atoms with E-state index in [-0.39, 0.29) is 17.9 Å². The summed E-state index contributed by atoms with van der Waals surface area (Å²) >= 11 is 0. The Hall–Kier alpha value is -2.01. The van der Waals surface area contributed by atoms with Gasteiger partial charge in [0.05, 0.1) is 0 Å². The molecule has 20 heavy (non-hydrogen) atoms. The van der Waals surface area contributed by atoms with Crippen molar-refractivity contribution in [3.05, 3.63) is 42.2 Å². The van der Waals surface area contributed by atoms with Gasteiger partial charge in [0.2, 0.25) is 5.91 Å². The lowest BCUT2D eigenvalue weighted by atomic mass is 9.85. The van der Waals surface area contributed by atoms with Crippen LogP contribution in [0.2, 0.25) is 0 Å². The second kappa shape index (κ2) is 6.43. The van der Waals surface area contributed by atoms with Gasteiger partial charge in [0.25, 0.3) is 0 Å². The highest BCUT2D eigenvalue weighted by atomic mass is 16.2. The number of hydrazine groups is 1. The zero-order valence-corrected chi connectivity index (χ0v) is 12.6. The van der Waals surface area contributed by atoms with Crippen LogP contribution in [0.15, 0.2) is 36.7 Å². The van der Waals surface area contributed by atoms with E-state index in [9.17, 15) is 4.79 Å². The molecule has 1 amide bonds. The third-order valence-corrected chi connectivity index (χ3v) is 3.04. The third kappa shape index (κ3) is 3.99. The van der Waals surface area contributed by atoms with Gasteiger partial charge in [-0.3, -0.25) is 4.79 Å². The molecular weight excluding hydrogens is 252 g/mol. The smallest absolute Gasteiger partial charge is 0.247 e. The number of nitrogens with zero attached hydrogens (tertiary/aromatic N) is 2. The van der Waals surface area contributed by atoms with Gasteiger partial charge >= 0.3 is 0 Å². The van der Waals surface area contributed by atoms with Gasteiger partial charge in [0.1, 0.15) is 6.54 Å². The van der Waals surface area contributed by atoms with E-state index in [1.165, 1.54) is 17.4 Å². The highest BCUT2D eigenvalue weighted by molar-refractivity contribution is 5.95. The number of hydrogen-bond acceptors (Lipinski definition) is 4. The van der Waals surface area contributed by atoms with Crippen molar-refractivity contribution in [3.63, 3.8) is 0 Å². The SMILES string of the molecule is CN(C(=O)CN(N)/C=C\N)c1ccccc1C(C)(C)C. The fraction of sp³-hybridized carbons (Fsp3) is 0.400. The van der Waals surface area contributed by atoms with Crippen LogP contribution in [0.5, 0.6) is 0 Å². The molecule has 0 aliphatic heterocycles. The van der Waals surface area contributed by atoms with Crippen molar-refractivity contribution in [3.8, 4) is 0 Å². The summed E-state index contributed by atoms with van der Waals surface area (Å²) in [6.07, 6.45) is 2.76. The van der Waals surface area contributed by atoms with Crippen molar-refractivity contribution in [1.29, 1.82) is 0 Å². The molecule has 110 valence electrons. The summed E-state index contributed by atoms with van der Waals surface area (Å²) in [4.78, 5) is 13.9. The van der Waals surface area contributed by atoms with E-state index in [0.717, 1.165) is 11.3 Å². The zero-order chi connectivity index (χ0) is 15.3. The molecule has 5 nitrogen and oxygen atoms in total. The minimum Gasteiger partial charge on any atom is -0.403 e. The minimum atomic E-state index is -0.0951. The van der Waals surface area contributed by atoms with Crippen molar-refractivity contribution in [2.45, 2.75) is 26.2 Å². The first-order chi connectivity index (χ1) is 9.27. The van der Waals surface area contributed by atoms with Crippen LogP contribution in [-0.4, -0.2) is 24.5 Å². The molecule has 0 aromatic heterocycles. The Kier molecular flexibility index (Phi) is 5.16. The largest absolute Gasteiger partial charge is 0.403 e. The summed E-state index contributed by atoms with van der Waals surface area (Å²) in [6.45, 7) is 6.44. The molecular formula is C15H24N4O. The number of anilines is 1. The average molecular weight is 276 g/mol. The first-order valence-corrected chi connectivity index (χ1v) is 6.53. The van der Waals surface area contributed by atoms with E-state index in [2.05, 4.69) is 20.8 Å². The predicted octanol–water partition coefficient (Wildman–Crippen LogP) is 1.55. The van der Waals surface area contributed by atoms with Gasteiger partial charge in [-0.1, -0.05) is 39.0 Å². The molecule has 1 aromatic carbocycles. The van der Waals surface area contributed by atoms with Gasteiger partial charge in [0.15, 0.2) is 0 Å². The molecule has 4 N–H and O–H groups in total.